The Hall–Kier alpha value is -2.54. The number of aromatic amines is 1. The monoisotopic (exact) mass is 355 g/mol. The van der Waals surface area contributed by atoms with E-state index in [-0.39, 0.29) is 11.9 Å². The van der Waals surface area contributed by atoms with E-state index in [1.165, 1.54) is 5.56 Å². The van der Waals surface area contributed by atoms with Crippen LogP contribution in [0.25, 0.3) is 10.9 Å². The van der Waals surface area contributed by atoms with Crippen LogP contribution in [-0.2, 0) is 0 Å². The van der Waals surface area contributed by atoms with Gasteiger partial charge in [0.25, 0.3) is 5.91 Å². The fourth-order valence-corrected chi connectivity index (χ4v) is 4.19. The van der Waals surface area contributed by atoms with Gasteiger partial charge in [-0.15, -0.1) is 0 Å². The Morgan fingerprint density at radius 1 is 1.19 bits per heavy atom. The zero-order valence-electron chi connectivity index (χ0n) is 14.8. The van der Waals surface area contributed by atoms with Gasteiger partial charge in [-0.3, -0.25) is 4.79 Å². The predicted molar refractivity (Wildman–Crippen MR) is 100 cm³/mol. The zero-order valence-corrected chi connectivity index (χ0v) is 14.8. The second kappa shape index (κ2) is 6.99. The number of primary amides is 1. The van der Waals surface area contributed by atoms with Crippen molar-refractivity contribution in [1.29, 1.82) is 0 Å². The van der Waals surface area contributed by atoms with E-state index < -0.39 is 6.03 Å². The van der Waals surface area contributed by atoms with Crippen molar-refractivity contribution >= 4 is 22.8 Å². The number of nitrogens with two attached hydrogens (primary N) is 1. The number of aromatic nitrogens is 1. The molecule has 1 unspecified atom stereocenters. The summed E-state index contributed by atoms with van der Waals surface area (Å²) in [5, 5.41) is 7.24. The molecule has 7 nitrogen and oxygen atoms in total. The molecule has 4 rings (SSSR count). The van der Waals surface area contributed by atoms with Crippen LogP contribution in [0.1, 0.15) is 41.1 Å². The van der Waals surface area contributed by atoms with Crippen molar-refractivity contribution in [3.8, 4) is 0 Å². The number of hydrogen-bond donors (Lipinski definition) is 4. The standard InChI is InChI=1S/C19H25N5O2/c20-19(26)23-14-5-8-24(11-14)18(25)13-1-2-17-15(9-13)16(10-22-17)12-3-6-21-7-4-12/h1-2,9-10,12,14,21-22H,3-8,11H2,(H3,20,23,26). The van der Waals surface area contributed by atoms with Crippen LogP contribution >= 0.6 is 0 Å². The molecule has 0 bridgehead atoms. The first kappa shape index (κ1) is 16.9. The number of piperidine rings is 1. The van der Waals surface area contributed by atoms with Gasteiger partial charge in [0.1, 0.15) is 0 Å². The summed E-state index contributed by atoms with van der Waals surface area (Å²) in [7, 11) is 0. The van der Waals surface area contributed by atoms with Gasteiger partial charge in [0.15, 0.2) is 0 Å². The number of H-pyrrole nitrogens is 1. The predicted octanol–water partition coefficient (Wildman–Crippen LogP) is 1.52. The molecule has 3 heterocycles. The summed E-state index contributed by atoms with van der Waals surface area (Å²) in [4.78, 5) is 29.0. The van der Waals surface area contributed by atoms with Gasteiger partial charge in [-0.25, -0.2) is 4.79 Å². The van der Waals surface area contributed by atoms with Crippen molar-refractivity contribution in [3.05, 3.63) is 35.5 Å². The molecule has 1 aromatic heterocycles. The Balaban J connectivity index is 1.55. The Morgan fingerprint density at radius 2 is 2.00 bits per heavy atom. The molecule has 0 saturated carbocycles. The number of nitrogens with one attached hydrogen (secondary N) is 3. The highest BCUT2D eigenvalue weighted by atomic mass is 16.2. The minimum atomic E-state index is -0.537. The normalized spacial score (nSPS) is 21.2. The van der Waals surface area contributed by atoms with E-state index >= 15 is 0 Å². The number of carbonyl (C=O) groups excluding carboxylic acids is 2. The van der Waals surface area contributed by atoms with Crippen LogP contribution in [0.15, 0.2) is 24.4 Å². The van der Waals surface area contributed by atoms with Crippen LogP contribution in [0.3, 0.4) is 0 Å². The smallest absolute Gasteiger partial charge is 0.312 e. The molecule has 2 saturated heterocycles. The Kier molecular flexibility index (Phi) is 4.55. The lowest BCUT2D eigenvalue weighted by molar-refractivity contribution is 0.0789. The maximum absolute atomic E-state index is 12.9. The van der Waals surface area contributed by atoms with Gasteiger partial charge in [0.05, 0.1) is 0 Å². The van der Waals surface area contributed by atoms with E-state index in [9.17, 15) is 9.59 Å². The summed E-state index contributed by atoms with van der Waals surface area (Å²) in [6.45, 7) is 3.22. The quantitative estimate of drug-likeness (QED) is 0.671. The van der Waals surface area contributed by atoms with E-state index in [0.29, 0.717) is 24.6 Å². The third-order valence-corrected chi connectivity index (χ3v) is 5.56. The number of nitrogens with zero attached hydrogens (tertiary/aromatic N) is 1. The van der Waals surface area contributed by atoms with Crippen molar-refractivity contribution in [2.45, 2.75) is 31.2 Å². The molecule has 0 aliphatic carbocycles. The van der Waals surface area contributed by atoms with Gasteiger partial charge in [-0.05, 0) is 62.0 Å². The van der Waals surface area contributed by atoms with Crippen LogP contribution in [0, 0.1) is 0 Å². The van der Waals surface area contributed by atoms with Crippen molar-refractivity contribution in [3.63, 3.8) is 0 Å². The first-order chi connectivity index (χ1) is 12.6. The van der Waals surface area contributed by atoms with Gasteiger partial charge >= 0.3 is 6.03 Å². The second-order valence-corrected chi connectivity index (χ2v) is 7.27. The Labute approximate surface area is 152 Å². The van der Waals surface area contributed by atoms with Crippen molar-refractivity contribution < 1.29 is 9.59 Å². The van der Waals surface area contributed by atoms with Gasteiger partial charge in [0.2, 0.25) is 0 Å². The summed E-state index contributed by atoms with van der Waals surface area (Å²) in [5.74, 6) is 0.546. The number of amides is 3. The highest BCUT2D eigenvalue weighted by molar-refractivity contribution is 5.99. The number of benzene rings is 1. The van der Waals surface area contributed by atoms with Crippen LogP contribution < -0.4 is 16.4 Å². The third-order valence-electron chi connectivity index (χ3n) is 5.56. The lowest BCUT2D eigenvalue weighted by Crippen LogP contribution is -2.41. The molecule has 2 aliphatic rings. The molecular weight excluding hydrogens is 330 g/mol. The fraction of sp³-hybridized carbons (Fsp3) is 0.474. The minimum absolute atomic E-state index is 0.0122. The maximum atomic E-state index is 12.9. The number of urea groups is 1. The number of rotatable bonds is 3. The molecule has 1 aromatic carbocycles. The average Bonchev–Trinajstić information content (AvgIpc) is 3.27. The van der Waals surface area contributed by atoms with Crippen molar-refractivity contribution in [2.75, 3.05) is 26.2 Å². The lowest BCUT2D eigenvalue weighted by Gasteiger charge is -2.22. The average molecular weight is 355 g/mol. The number of fused-ring (bicyclic) bond motifs is 1. The molecule has 2 fully saturated rings. The third kappa shape index (κ3) is 3.26. The molecule has 3 amide bonds. The molecule has 138 valence electrons. The number of hydrogen-bond acceptors (Lipinski definition) is 3. The molecule has 26 heavy (non-hydrogen) atoms. The summed E-state index contributed by atoms with van der Waals surface area (Å²) >= 11 is 0. The topological polar surface area (TPSA) is 103 Å². The molecule has 2 aromatic rings. The van der Waals surface area contributed by atoms with E-state index in [1.54, 1.807) is 4.90 Å². The summed E-state index contributed by atoms with van der Waals surface area (Å²) in [6, 6.07) is 5.28. The Bertz CT molecular complexity index is 824. The van der Waals surface area contributed by atoms with Crippen LogP contribution in [0.4, 0.5) is 4.79 Å². The molecular formula is C19H25N5O2. The first-order valence-corrected chi connectivity index (χ1v) is 9.29. The van der Waals surface area contributed by atoms with Gasteiger partial charge < -0.3 is 26.3 Å². The highest BCUT2D eigenvalue weighted by Gasteiger charge is 2.28. The highest BCUT2D eigenvalue weighted by Crippen LogP contribution is 2.32. The molecule has 0 radical (unpaired) electrons. The fourth-order valence-electron chi connectivity index (χ4n) is 4.19. The number of likely N-dealkylation sites (tertiary alicyclic amines) is 1. The van der Waals surface area contributed by atoms with Gasteiger partial charge in [-0.1, -0.05) is 0 Å². The molecule has 2 aliphatic heterocycles. The Morgan fingerprint density at radius 3 is 2.77 bits per heavy atom. The second-order valence-electron chi connectivity index (χ2n) is 7.27. The summed E-state index contributed by atoms with van der Waals surface area (Å²) in [5.41, 5.74) is 8.27. The van der Waals surface area contributed by atoms with Crippen LogP contribution in [-0.4, -0.2) is 54.0 Å². The van der Waals surface area contributed by atoms with Crippen molar-refractivity contribution in [2.24, 2.45) is 5.73 Å². The lowest BCUT2D eigenvalue weighted by atomic mass is 9.89. The SMILES string of the molecule is NC(=O)NC1CCN(C(=O)c2ccc3[nH]cc(C4CCNCC4)c3c2)C1. The van der Waals surface area contributed by atoms with E-state index in [4.69, 9.17) is 5.73 Å². The summed E-state index contributed by atoms with van der Waals surface area (Å²) in [6.07, 6.45) is 5.08. The van der Waals surface area contributed by atoms with E-state index in [2.05, 4.69) is 21.8 Å². The maximum Gasteiger partial charge on any atom is 0.312 e. The van der Waals surface area contributed by atoms with E-state index in [0.717, 1.165) is 43.3 Å². The molecule has 1 atom stereocenters. The molecule has 5 N–H and O–H groups in total. The van der Waals surface area contributed by atoms with Crippen LogP contribution in [0.5, 0.6) is 0 Å². The molecule has 0 spiro atoms. The zero-order chi connectivity index (χ0) is 18.1. The summed E-state index contributed by atoms with van der Waals surface area (Å²) < 4.78 is 0. The first-order valence-electron chi connectivity index (χ1n) is 9.29. The largest absolute Gasteiger partial charge is 0.361 e. The van der Waals surface area contributed by atoms with Crippen LogP contribution in [0.2, 0.25) is 0 Å². The number of carbonyl (C=O) groups is 2. The van der Waals surface area contributed by atoms with E-state index in [1.807, 2.05) is 18.2 Å². The van der Waals surface area contributed by atoms with Gasteiger partial charge in [-0.2, -0.15) is 0 Å². The minimum Gasteiger partial charge on any atom is -0.361 e. The van der Waals surface area contributed by atoms with Crippen molar-refractivity contribution in [1.82, 2.24) is 20.5 Å². The molecule has 7 heteroatoms. The van der Waals surface area contributed by atoms with Gasteiger partial charge in [0, 0.05) is 41.8 Å².